The monoisotopic (exact) mass is 690 g/mol. The number of imidazole rings is 2. The number of nitrogens with two attached hydrogens (primary N) is 2. The fourth-order valence-corrected chi connectivity index (χ4v) is 7.34. The Morgan fingerprint density at radius 3 is 2.46 bits per heavy atom. The average molecular weight is 690 g/mol. The molecule has 10 atom stereocenters. The molecule has 248 valence electrons. The zero-order valence-electron chi connectivity index (χ0n) is 23.3. The number of halogens is 1. The number of nitrogens with one attached hydrogen (secondary N) is 1. The Balaban J connectivity index is 1.21. The van der Waals surface area contributed by atoms with E-state index in [1.165, 1.54) is 6.33 Å². The van der Waals surface area contributed by atoms with Crippen molar-refractivity contribution in [1.82, 2.24) is 39.0 Å². The summed E-state index contributed by atoms with van der Waals surface area (Å²) < 4.78 is 77.0. The van der Waals surface area contributed by atoms with E-state index in [-0.39, 0.29) is 39.9 Å². The van der Waals surface area contributed by atoms with Crippen molar-refractivity contribution < 1.29 is 56.2 Å². The van der Waals surface area contributed by atoms with E-state index in [9.17, 15) is 28.8 Å². The first-order valence-corrected chi connectivity index (χ1v) is 16.6. The third-order valence-corrected chi connectivity index (χ3v) is 9.37. The fourth-order valence-electron chi connectivity index (χ4n) is 5.38. The molecule has 0 aromatic carbocycles. The quantitative estimate of drug-likeness (QED) is 0.137. The number of nitrogens with zero attached hydrogens (tertiary/aromatic N) is 7. The van der Waals surface area contributed by atoms with E-state index in [1.807, 2.05) is 0 Å². The van der Waals surface area contributed by atoms with Gasteiger partial charge >= 0.3 is 15.4 Å². The number of hydrogen-bond donors (Lipinski definition) is 6. The van der Waals surface area contributed by atoms with Crippen LogP contribution < -0.4 is 17.0 Å². The second-order valence-electron chi connectivity index (χ2n) is 10.5. The molecule has 4 unspecified atom stereocenters. The van der Waals surface area contributed by atoms with Crippen molar-refractivity contribution in [2.45, 2.75) is 56.3 Å². The number of alkyl halides is 1. The molecule has 0 radical (unpaired) electrons. The molecule has 7 heterocycles. The van der Waals surface area contributed by atoms with Crippen LogP contribution in [0.25, 0.3) is 22.3 Å². The minimum Gasteiger partial charge on any atom is -0.385 e. The Kier molecular flexibility index (Phi) is 7.49. The Morgan fingerprint density at radius 2 is 1.70 bits per heavy atom. The summed E-state index contributed by atoms with van der Waals surface area (Å²) in [5, 5.41) is 11.0. The van der Waals surface area contributed by atoms with E-state index in [0.717, 1.165) is 15.5 Å². The lowest BCUT2D eigenvalue weighted by atomic mass is 10.1. The van der Waals surface area contributed by atoms with E-state index < -0.39 is 83.3 Å². The summed E-state index contributed by atoms with van der Waals surface area (Å²) in [5.74, 6) is -0.0472. The number of fused-ring (bicyclic) bond motifs is 5. The standard InChI is InChI=1S/C21H25FN10O12P2/c1-6-27-14(23)9-15(28-6)31(3-25-9)18-8(22)12-7(41-18)2-40-46(37,38)44-13-11(33)20(39-5-45(35,36)43-12)42-19(13)32-4-26-10-16(32)29-21(24)30-17(10)34/h3-4,7-8,11-13,18-20,33H,2,5H2,1H3,(H,35,36)(H,37,38)(H2,23,27,28)(H3,24,29,30,34)/t7-,8?,11-,12+,13?,18-,19-,20+/m1/s1. The molecule has 25 heteroatoms. The number of nitrogen functional groups attached to an aromatic ring is 2. The fraction of sp³-hybridized carbons (Fsp3) is 0.524. The van der Waals surface area contributed by atoms with Gasteiger partial charge in [-0.15, -0.1) is 0 Å². The highest BCUT2D eigenvalue weighted by molar-refractivity contribution is 7.52. The molecular formula is C21H25FN10O12P2. The van der Waals surface area contributed by atoms with E-state index in [4.69, 9.17) is 39.2 Å². The molecule has 3 aliphatic heterocycles. The molecule has 3 saturated heterocycles. The van der Waals surface area contributed by atoms with Gasteiger partial charge in [0, 0.05) is 0 Å². The predicted octanol–water partition coefficient (Wildman–Crippen LogP) is -1.06. The number of aromatic amines is 1. The van der Waals surface area contributed by atoms with Crippen molar-refractivity contribution in [3.8, 4) is 0 Å². The molecule has 0 saturated carbocycles. The summed E-state index contributed by atoms with van der Waals surface area (Å²) in [4.78, 5) is 56.1. The number of hydrogen-bond acceptors (Lipinski definition) is 17. The van der Waals surface area contributed by atoms with Gasteiger partial charge in [-0.25, -0.2) is 28.9 Å². The van der Waals surface area contributed by atoms with Crippen LogP contribution >= 0.6 is 15.4 Å². The largest absolute Gasteiger partial charge is 0.472 e. The lowest BCUT2D eigenvalue weighted by molar-refractivity contribution is -0.168. The van der Waals surface area contributed by atoms with Crippen LogP contribution in [0.2, 0.25) is 0 Å². The molecule has 46 heavy (non-hydrogen) atoms. The minimum atomic E-state index is -5.18. The van der Waals surface area contributed by atoms with Crippen molar-refractivity contribution in [2.75, 3.05) is 24.4 Å². The number of aliphatic hydroxyl groups is 1. The Labute approximate surface area is 254 Å². The van der Waals surface area contributed by atoms with Gasteiger partial charge in [-0.2, -0.15) is 4.98 Å². The molecule has 7 rings (SSSR count). The van der Waals surface area contributed by atoms with E-state index in [0.29, 0.717) is 0 Å². The number of aliphatic hydroxyl groups excluding tert-OH is 1. The summed E-state index contributed by atoms with van der Waals surface area (Å²) in [6.45, 7) is 0.639. The highest BCUT2D eigenvalue weighted by atomic mass is 31.2. The maximum atomic E-state index is 16.0. The number of ether oxygens (including phenoxy) is 3. The second-order valence-corrected chi connectivity index (χ2v) is 13.6. The van der Waals surface area contributed by atoms with Gasteiger partial charge in [0.2, 0.25) is 5.95 Å². The smallest absolute Gasteiger partial charge is 0.385 e. The van der Waals surface area contributed by atoms with Gasteiger partial charge in [0.25, 0.3) is 5.56 Å². The van der Waals surface area contributed by atoms with Gasteiger partial charge in [-0.3, -0.25) is 37.0 Å². The van der Waals surface area contributed by atoms with Crippen LogP contribution in [0, 0.1) is 6.92 Å². The first-order chi connectivity index (χ1) is 21.7. The van der Waals surface area contributed by atoms with Crippen LogP contribution in [-0.2, 0) is 36.9 Å². The van der Waals surface area contributed by atoms with Gasteiger partial charge in [-0.05, 0) is 6.92 Å². The number of anilines is 2. The van der Waals surface area contributed by atoms with Gasteiger partial charge in [-0.1, -0.05) is 0 Å². The molecule has 0 aliphatic carbocycles. The number of aromatic nitrogens is 8. The molecular weight excluding hydrogens is 665 g/mol. The number of aryl methyl sites for hydroxylation is 1. The Bertz CT molecular complexity index is 1990. The van der Waals surface area contributed by atoms with Gasteiger partial charge in [0.05, 0.1) is 19.3 Å². The molecule has 0 spiro atoms. The zero-order valence-corrected chi connectivity index (χ0v) is 25.1. The number of phosphoric ester groups is 1. The topological polar surface area (TPSA) is 309 Å². The maximum Gasteiger partial charge on any atom is 0.472 e. The highest BCUT2D eigenvalue weighted by Crippen LogP contribution is 2.53. The highest BCUT2D eigenvalue weighted by Gasteiger charge is 2.54. The van der Waals surface area contributed by atoms with Crippen LogP contribution in [-0.4, -0.2) is 104 Å². The molecule has 2 bridgehead atoms. The first-order valence-electron chi connectivity index (χ1n) is 13.3. The SMILES string of the molecule is Cc1nc(N)c2ncn([C@@H]3O[C@@H]4COP(=O)(O)OC5[C@@H](O)[C@@H](OCP(=O)(O)O[C@@H]4C3F)O[C@H]5n3cnc4c(=O)[nH]c(N)nc43)c2n1. The van der Waals surface area contributed by atoms with Crippen molar-refractivity contribution in [3.05, 3.63) is 28.8 Å². The van der Waals surface area contributed by atoms with Crippen LogP contribution in [0.4, 0.5) is 16.2 Å². The zero-order chi connectivity index (χ0) is 32.7. The van der Waals surface area contributed by atoms with Gasteiger partial charge in [0.15, 0.2) is 53.9 Å². The normalized spacial score (nSPS) is 37.2. The molecule has 22 nitrogen and oxygen atoms in total. The van der Waals surface area contributed by atoms with Crippen molar-refractivity contribution in [1.29, 1.82) is 0 Å². The molecule has 0 amide bonds. The lowest BCUT2D eigenvalue weighted by Gasteiger charge is -2.25. The molecule has 4 aromatic rings. The van der Waals surface area contributed by atoms with E-state index in [1.54, 1.807) is 6.92 Å². The summed E-state index contributed by atoms with van der Waals surface area (Å²) in [6, 6.07) is 0. The van der Waals surface area contributed by atoms with Crippen LogP contribution in [0.1, 0.15) is 18.3 Å². The molecule has 3 aliphatic rings. The molecule has 3 fully saturated rings. The van der Waals surface area contributed by atoms with Crippen LogP contribution in [0.5, 0.6) is 0 Å². The van der Waals surface area contributed by atoms with Crippen LogP contribution in [0.15, 0.2) is 17.4 Å². The predicted molar refractivity (Wildman–Crippen MR) is 147 cm³/mol. The first kappa shape index (κ1) is 31.1. The summed E-state index contributed by atoms with van der Waals surface area (Å²) in [6.07, 6.45) is -13.1. The third kappa shape index (κ3) is 5.38. The minimum absolute atomic E-state index is 0.0132. The number of phosphoric acid groups is 1. The molecule has 8 N–H and O–H groups in total. The Morgan fingerprint density at radius 1 is 1.00 bits per heavy atom. The van der Waals surface area contributed by atoms with Crippen molar-refractivity contribution >= 4 is 49.5 Å². The summed E-state index contributed by atoms with van der Waals surface area (Å²) in [5.41, 5.74) is 10.7. The van der Waals surface area contributed by atoms with Crippen molar-refractivity contribution in [3.63, 3.8) is 0 Å². The summed E-state index contributed by atoms with van der Waals surface area (Å²) >= 11 is 0. The number of rotatable bonds is 2. The summed E-state index contributed by atoms with van der Waals surface area (Å²) in [7, 11) is -10.1. The van der Waals surface area contributed by atoms with E-state index in [2.05, 4.69) is 29.9 Å². The Hall–Kier alpha value is -3.47. The molecule has 4 aromatic heterocycles. The lowest BCUT2D eigenvalue weighted by Crippen LogP contribution is -2.35. The van der Waals surface area contributed by atoms with Crippen molar-refractivity contribution in [2.24, 2.45) is 0 Å². The average Bonchev–Trinajstić information content (AvgIpc) is 3.72. The van der Waals surface area contributed by atoms with Gasteiger partial charge < -0.3 is 40.6 Å². The third-order valence-electron chi connectivity index (χ3n) is 7.34. The van der Waals surface area contributed by atoms with Gasteiger partial charge in [0.1, 0.15) is 35.8 Å². The van der Waals surface area contributed by atoms with E-state index >= 15 is 4.39 Å². The number of H-pyrrole nitrogens is 1. The van der Waals surface area contributed by atoms with Crippen LogP contribution in [0.3, 0.4) is 0 Å². The second kappa shape index (κ2) is 11.1. The maximum absolute atomic E-state index is 16.0.